The van der Waals surface area contributed by atoms with Gasteiger partial charge in [-0.15, -0.1) is 0 Å². The Morgan fingerprint density at radius 1 is 1.29 bits per heavy atom. The number of methoxy groups -OCH3 is 1. The van der Waals surface area contributed by atoms with E-state index in [1.807, 2.05) is 18.3 Å². The molecule has 0 saturated carbocycles. The van der Waals surface area contributed by atoms with E-state index in [-0.39, 0.29) is 0 Å². The van der Waals surface area contributed by atoms with Gasteiger partial charge in [0.2, 0.25) is 0 Å². The van der Waals surface area contributed by atoms with Gasteiger partial charge in [-0.05, 0) is 42.4 Å². The summed E-state index contributed by atoms with van der Waals surface area (Å²) < 4.78 is 5.36. The summed E-state index contributed by atoms with van der Waals surface area (Å²) in [5.74, 6) is 0.932. The SMILES string of the molecule is CCNCc1cc(-c2ccc[nH]2)ccc1OC. The Bertz CT molecular complexity index is 463. The molecule has 3 heteroatoms. The first-order valence-corrected chi connectivity index (χ1v) is 5.86. The van der Waals surface area contributed by atoms with Crippen molar-refractivity contribution in [2.24, 2.45) is 0 Å². The number of H-pyrrole nitrogens is 1. The number of benzene rings is 1. The minimum atomic E-state index is 0.828. The van der Waals surface area contributed by atoms with Crippen molar-refractivity contribution in [3.8, 4) is 17.0 Å². The fourth-order valence-corrected chi connectivity index (χ4v) is 1.85. The van der Waals surface area contributed by atoms with Crippen LogP contribution < -0.4 is 10.1 Å². The minimum Gasteiger partial charge on any atom is -0.496 e. The second-order valence-electron chi connectivity index (χ2n) is 3.89. The molecule has 0 unspecified atom stereocenters. The molecule has 0 saturated heterocycles. The molecule has 0 bridgehead atoms. The average molecular weight is 230 g/mol. The topological polar surface area (TPSA) is 37.0 Å². The van der Waals surface area contributed by atoms with Crippen molar-refractivity contribution in [1.82, 2.24) is 10.3 Å². The van der Waals surface area contributed by atoms with E-state index < -0.39 is 0 Å². The van der Waals surface area contributed by atoms with Crippen LogP contribution in [0.25, 0.3) is 11.3 Å². The molecule has 90 valence electrons. The van der Waals surface area contributed by atoms with E-state index in [1.54, 1.807) is 7.11 Å². The first-order valence-electron chi connectivity index (χ1n) is 5.86. The number of ether oxygens (including phenoxy) is 1. The molecular formula is C14H18N2O. The summed E-state index contributed by atoms with van der Waals surface area (Å²) in [6.07, 6.45) is 1.93. The Labute approximate surface area is 102 Å². The van der Waals surface area contributed by atoms with Gasteiger partial charge >= 0.3 is 0 Å². The molecule has 0 aliphatic carbocycles. The molecule has 17 heavy (non-hydrogen) atoms. The van der Waals surface area contributed by atoms with Crippen LogP contribution in [0.3, 0.4) is 0 Å². The van der Waals surface area contributed by atoms with Crippen molar-refractivity contribution >= 4 is 0 Å². The third-order valence-electron chi connectivity index (χ3n) is 2.75. The number of hydrogen-bond acceptors (Lipinski definition) is 2. The maximum absolute atomic E-state index is 5.36. The van der Waals surface area contributed by atoms with Crippen molar-refractivity contribution in [2.45, 2.75) is 13.5 Å². The summed E-state index contributed by atoms with van der Waals surface area (Å²) in [6, 6.07) is 10.3. The highest BCUT2D eigenvalue weighted by Crippen LogP contribution is 2.25. The smallest absolute Gasteiger partial charge is 0.123 e. The molecule has 0 aliphatic heterocycles. The third-order valence-corrected chi connectivity index (χ3v) is 2.75. The molecule has 1 aromatic heterocycles. The first kappa shape index (κ1) is 11.7. The van der Waals surface area contributed by atoms with Crippen LogP contribution in [0.2, 0.25) is 0 Å². The Balaban J connectivity index is 2.31. The summed E-state index contributed by atoms with van der Waals surface area (Å²) in [5, 5.41) is 3.32. The maximum atomic E-state index is 5.36. The molecule has 0 atom stereocenters. The van der Waals surface area contributed by atoms with Crippen molar-refractivity contribution in [1.29, 1.82) is 0 Å². The molecule has 1 heterocycles. The van der Waals surface area contributed by atoms with E-state index in [9.17, 15) is 0 Å². The molecule has 0 aliphatic rings. The van der Waals surface area contributed by atoms with Gasteiger partial charge in [0.1, 0.15) is 5.75 Å². The summed E-state index contributed by atoms with van der Waals surface area (Å²) in [6.45, 7) is 3.88. The molecule has 2 N–H and O–H groups in total. The number of aromatic amines is 1. The van der Waals surface area contributed by atoms with E-state index in [0.717, 1.165) is 24.5 Å². The van der Waals surface area contributed by atoms with Crippen molar-refractivity contribution in [3.05, 3.63) is 42.1 Å². The second kappa shape index (κ2) is 5.55. The normalized spacial score (nSPS) is 10.5. The molecule has 0 spiro atoms. The first-order chi connectivity index (χ1) is 8.35. The molecule has 2 rings (SSSR count). The number of rotatable bonds is 5. The van der Waals surface area contributed by atoms with Crippen LogP contribution in [0, 0.1) is 0 Å². The number of aromatic nitrogens is 1. The van der Waals surface area contributed by atoms with Crippen LogP contribution in [0.15, 0.2) is 36.5 Å². The van der Waals surface area contributed by atoms with Gasteiger partial charge in [0.25, 0.3) is 0 Å². The molecule has 0 fully saturated rings. The lowest BCUT2D eigenvalue weighted by atomic mass is 10.1. The van der Waals surface area contributed by atoms with E-state index in [2.05, 4.69) is 35.4 Å². The van der Waals surface area contributed by atoms with Crippen LogP contribution >= 0.6 is 0 Å². The largest absolute Gasteiger partial charge is 0.496 e. The quantitative estimate of drug-likeness (QED) is 0.828. The molecule has 0 radical (unpaired) electrons. The zero-order chi connectivity index (χ0) is 12.1. The molecule has 1 aromatic carbocycles. The van der Waals surface area contributed by atoms with E-state index in [0.29, 0.717) is 0 Å². The van der Waals surface area contributed by atoms with Crippen molar-refractivity contribution in [2.75, 3.05) is 13.7 Å². The standard InChI is InChI=1S/C14H18N2O/c1-3-15-10-12-9-11(6-7-14(12)17-2)13-5-4-8-16-13/h4-9,15-16H,3,10H2,1-2H3. The van der Waals surface area contributed by atoms with Gasteiger partial charge in [0.15, 0.2) is 0 Å². The fourth-order valence-electron chi connectivity index (χ4n) is 1.85. The maximum Gasteiger partial charge on any atom is 0.123 e. The third kappa shape index (κ3) is 2.68. The van der Waals surface area contributed by atoms with Gasteiger partial charge in [-0.1, -0.05) is 6.92 Å². The number of nitrogens with one attached hydrogen (secondary N) is 2. The summed E-state index contributed by atoms with van der Waals surface area (Å²) in [7, 11) is 1.71. The van der Waals surface area contributed by atoms with Gasteiger partial charge < -0.3 is 15.0 Å². The van der Waals surface area contributed by atoms with Crippen LogP contribution in [-0.2, 0) is 6.54 Å². The molecule has 2 aromatic rings. The highest BCUT2D eigenvalue weighted by Gasteiger charge is 2.05. The predicted molar refractivity (Wildman–Crippen MR) is 70.2 cm³/mol. The summed E-state index contributed by atoms with van der Waals surface area (Å²) in [4.78, 5) is 3.21. The zero-order valence-corrected chi connectivity index (χ0v) is 10.3. The summed E-state index contributed by atoms with van der Waals surface area (Å²) >= 11 is 0. The molecule has 0 amide bonds. The monoisotopic (exact) mass is 230 g/mol. The van der Waals surface area contributed by atoms with Gasteiger partial charge in [0.05, 0.1) is 7.11 Å². The van der Waals surface area contributed by atoms with Crippen molar-refractivity contribution in [3.63, 3.8) is 0 Å². The van der Waals surface area contributed by atoms with Crippen LogP contribution in [0.4, 0.5) is 0 Å². The highest BCUT2D eigenvalue weighted by molar-refractivity contribution is 5.62. The lowest BCUT2D eigenvalue weighted by Gasteiger charge is -2.10. The Hall–Kier alpha value is -1.74. The predicted octanol–water partition coefficient (Wildman–Crippen LogP) is 2.80. The Morgan fingerprint density at radius 3 is 2.82 bits per heavy atom. The zero-order valence-electron chi connectivity index (χ0n) is 10.3. The van der Waals surface area contributed by atoms with Gasteiger partial charge in [-0.2, -0.15) is 0 Å². The minimum absolute atomic E-state index is 0.828. The summed E-state index contributed by atoms with van der Waals surface area (Å²) in [5.41, 5.74) is 3.50. The lowest BCUT2D eigenvalue weighted by molar-refractivity contribution is 0.408. The van der Waals surface area contributed by atoms with Gasteiger partial charge in [-0.25, -0.2) is 0 Å². The van der Waals surface area contributed by atoms with E-state index in [1.165, 1.54) is 11.1 Å². The van der Waals surface area contributed by atoms with Crippen LogP contribution in [0.5, 0.6) is 5.75 Å². The van der Waals surface area contributed by atoms with Crippen LogP contribution in [0.1, 0.15) is 12.5 Å². The average Bonchev–Trinajstić information content (AvgIpc) is 2.89. The Kier molecular flexibility index (Phi) is 3.83. The fraction of sp³-hybridized carbons (Fsp3) is 0.286. The van der Waals surface area contributed by atoms with Gasteiger partial charge in [-0.3, -0.25) is 0 Å². The van der Waals surface area contributed by atoms with E-state index in [4.69, 9.17) is 4.74 Å². The van der Waals surface area contributed by atoms with Crippen LogP contribution in [-0.4, -0.2) is 18.6 Å². The lowest BCUT2D eigenvalue weighted by Crippen LogP contribution is -2.12. The van der Waals surface area contributed by atoms with Gasteiger partial charge in [0, 0.05) is 24.0 Å². The highest BCUT2D eigenvalue weighted by atomic mass is 16.5. The molecular weight excluding hydrogens is 212 g/mol. The molecule has 3 nitrogen and oxygen atoms in total. The second-order valence-corrected chi connectivity index (χ2v) is 3.89. The van der Waals surface area contributed by atoms with E-state index >= 15 is 0 Å². The van der Waals surface area contributed by atoms with Crippen molar-refractivity contribution < 1.29 is 4.74 Å². The number of hydrogen-bond donors (Lipinski definition) is 2. The Morgan fingerprint density at radius 2 is 2.18 bits per heavy atom.